The predicted molar refractivity (Wildman–Crippen MR) is 124 cm³/mol. The van der Waals surface area contributed by atoms with E-state index < -0.39 is 0 Å². The SMILES string of the molecule is CCOc1ccc2nc(N(CC[NH+](C)C)C(=O)c3cccc4ccccc34)sc2c1. The summed E-state index contributed by atoms with van der Waals surface area (Å²) < 4.78 is 6.64. The van der Waals surface area contributed by atoms with E-state index in [1.807, 2.05) is 72.5 Å². The van der Waals surface area contributed by atoms with Gasteiger partial charge in [0.25, 0.3) is 5.91 Å². The number of rotatable bonds is 7. The van der Waals surface area contributed by atoms with Gasteiger partial charge in [0.2, 0.25) is 0 Å². The van der Waals surface area contributed by atoms with Crippen LogP contribution in [0.4, 0.5) is 5.13 Å². The van der Waals surface area contributed by atoms with Crippen LogP contribution in [0.5, 0.6) is 5.75 Å². The molecule has 1 aromatic heterocycles. The van der Waals surface area contributed by atoms with Gasteiger partial charge in [-0.15, -0.1) is 0 Å². The van der Waals surface area contributed by atoms with Gasteiger partial charge in [-0.25, -0.2) is 4.98 Å². The Kier molecular flexibility index (Phi) is 5.97. The Labute approximate surface area is 180 Å². The highest BCUT2D eigenvalue weighted by atomic mass is 32.1. The molecule has 154 valence electrons. The third-order valence-electron chi connectivity index (χ3n) is 4.99. The van der Waals surface area contributed by atoms with E-state index in [0.29, 0.717) is 18.7 Å². The first-order valence-corrected chi connectivity index (χ1v) is 11.0. The maximum absolute atomic E-state index is 13.7. The number of carbonyl (C=O) groups excluding carboxylic acids is 1. The topological polar surface area (TPSA) is 46.9 Å². The zero-order valence-corrected chi connectivity index (χ0v) is 18.3. The molecule has 1 heterocycles. The zero-order chi connectivity index (χ0) is 21.1. The number of aromatic nitrogens is 1. The standard InChI is InChI=1S/C24H25N3O2S/c1-4-29-18-12-13-21-22(16-18)30-24(25-21)27(15-14-26(2)3)23(28)20-11-7-9-17-8-5-6-10-19(17)20/h5-13,16H,4,14-15H2,1-3H3/p+1. The van der Waals surface area contributed by atoms with E-state index in [-0.39, 0.29) is 5.91 Å². The number of likely N-dealkylation sites (N-methyl/N-ethyl adjacent to an activating group) is 1. The summed E-state index contributed by atoms with van der Waals surface area (Å²) in [7, 11) is 4.18. The van der Waals surface area contributed by atoms with Crippen LogP contribution in [0.15, 0.2) is 60.7 Å². The maximum atomic E-state index is 13.7. The van der Waals surface area contributed by atoms with Gasteiger partial charge in [-0.05, 0) is 42.0 Å². The highest BCUT2D eigenvalue weighted by molar-refractivity contribution is 7.22. The fourth-order valence-corrected chi connectivity index (χ4v) is 4.46. The number of fused-ring (bicyclic) bond motifs is 2. The second-order valence-corrected chi connectivity index (χ2v) is 8.51. The van der Waals surface area contributed by atoms with Gasteiger partial charge in [-0.1, -0.05) is 47.7 Å². The fraction of sp³-hybridized carbons (Fsp3) is 0.250. The van der Waals surface area contributed by atoms with Gasteiger partial charge >= 0.3 is 0 Å². The highest BCUT2D eigenvalue weighted by Gasteiger charge is 2.23. The van der Waals surface area contributed by atoms with Crippen molar-refractivity contribution in [3.63, 3.8) is 0 Å². The summed E-state index contributed by atoms with van der Waals surface area (Å²) in [6.07, 6.45) is 0. The fourth-order valence-electron chi connectivity index (χ4n) is 3.44. The van der Waals surface area contributed by atoms with E-state index in [9.17, 15) is 4.79 Å². The monoisotopic (exact) mass is 420 g/mol. The van der Waals surface area contributed by atoms with Crippen LogP contribution in [0.25, 0.3) is 21.0 Å². The molecule has 0 atom stereocenters. The van der Waals surface area contributed by atoms with Gasteiger partial charge in [0.15, 0.2) is 5.13 Å². The van der Waals surface area contributed by atoms with Crippen molar-refractivity contribution in [2.24, 2.45) is 0 Å². The molecule has 0 saturated heterocycles. The summed E-state index contributed by atoms with van der Waals surface area (Å²) in [5, 5.41) is 2.75. The van der Waals surface area contributed by atoms with Crippen molar-refractivity contribution in [3.8, 4) is 5.75 Å². The summed E-state index contributed by atoms with van der Waals surface area (Å²) in [6, 6.07) is 19.8. The molecule has 5 nitrogen and oxygen atoms in total. The summed E-state index contributed by atoms with van der Waals surface area (Å²) in [4.78, 5) is 21.6. The van der Waals surface area contributed by atoms with Crippen molar-refractivity contribution in [2.45, 2.75) is 6.92 Å². The average molecular weight is 421 g/mol. The van der Waals surface area contributed by atoms with E-state index in [1.165, 1.54) is 16.2 Å². The third-order valence-corrected chi connectivity index (χ3v) is 6.03. The molecule has 0 aliphatic heterocycles. The minimum Gasteiger partial charge on any atom is -0.494 e. The Balaban J connectivity index is 1.76. The predicted octanol–water partition coefficient (Wildman–Crippen LogP) is 3.64. The minimum atomic E-state index is -0.0165. The molecule has 0 saturated carbocycles. The Bertz CT molecular complexity index is 1180. The summed E-state index contributed by atoms with van der Waals surface area (Å²) >= 11 is 1.53. The second-order valence-electron chi connectivity index (χ2n) is 7.50. The molecule has 0 aliphatic carbocycles. The Morgan fingerprint density at radius 3 is 2.70 bits per heavy atom. The molecule has 0 fully saturated rings. The number of carbonyl (C=O) groups is 1. The Morgan fingerprint density at radius 2 is 1.90 bits per heavy atom. The number of nitrogens with zero attached hydrogens (tertiary/aromatic N) is 2. The first-order valence-electron chi connectivity index (χ1n) is 10.2. The third kappa shape index (κ3) is 4.15. The molecule has 6 heteroatoms. The molecule has 1 N–H and O–H groups in total. The molecule has 0 aliphatic rings. The van der Waals surface area contributed by atoms with Crippen molar-refractivity contribution in [2.75, 3.05) is 38.7 Å². The first-order chi connectivity index (χ1) is 14.6. The lowest BCUT2D eigenvalue weighted by Crippen LogP contribution is -3.06. The lowest BCUT2D eigenvalue weighted by Gasteiger charge is -2.21. The second kappa shape index (κ2) is 8.81. The van der Waals surface area contributed by atoms with E-state index in [4.69, 9.17) is 9.72 Å². The van der Waals surface area contributed by atoms with Crippen molar-refractivity contribution < 1.29 is 14.4 Å². The quantitative estimate of drug-likeness (QED) is 0.497. The number of benzene rings is 3. The maximum Gasteiger partial charge on any atom is 0.260 e. The molecule has 0 radical (unpaired) electrons. The van der Waals surface area contributed by atoms with E-state index in [0.717, 1.165) is 38.4 Å². The number of hydrogen-bond donors (Lipinski definition) is 1. The smallest absolute Gasteiger partial charge is 0.260 e. The van der Waals surface area contributed by atoms with Crippen LogP contribution in [0.3, 0.4) is 0 Å². The molecule has 4 aromatic rings. The van der Waals surface area contributed by atoms with Crippen LogP contribution in [-0.2, 0) is 0 Å². The van der Waals surface area contributed by atoms with Gasteiger partial charge in [0.1, 0.15) is 5.75 Å². The van der Waals surface area contributed by atoms with Crippen LogP contribution < -0.4 is 14.5 Å². The van der Waals surface area contributed by atoms with Crippen LogP contribution in [0.1, 0.15) is 17.3 Å². The Hall–Kier alpha value is -2.96. The molecular weight excluding hydrogens is 394 g/mol. The number of ether oxygens (including phenoxy) is 1. The molecule has 0 spiro atoms. The van der Waals surface area contributed by atoms with Gasteiger partial charge < -0.3 is 9.64 Å². The van der Waals surface area contributed by atoms with Crippen molar-refractivity contribution >= 4 is 43.4 Å². The van der Waals surface area contributed by atoms with Crippen LogP contribution in [0.2, 0.25) is 0 Å². The lowest BCUT2D eigenvalue weighted by atomic mass is 10.0. The molecule has 3 aromatic carbocycles. The average Bonchev–Trinajstić information content (AvgIpc) is 3.16. The van der Waals surface area contributed by atoms with Crippen molar-refractivity contribution in [1.29, 1.82) is 0 Å². The number of amides is 1. The van der Waals surface area contributed by atoms with Gasteiger partial charge in [0, 0.05) is 5.56 Å². The zero-order valence-electron chi connectivity index (χ0n) is 17.5. The first kappa shape index (κ1) is 20.3. The summed E-state index contributed by atoms with van der Waals surface area (Å²) in [6.45, 7) is 4.02. The van der Waals surface area contributed by atoms with Gasteiger partial charge in [-0.3, -0.25) is 9.69 Å². The number of quaternary nitrogens is 1. The van der Waals surface area contributed by atoms with Crippen LogP contribution >= 0.6 is 11.3 Å². The normalized spacial score (nSPS) is 11.3. The molecule has 30 heavy (non-hydrogen) atoms. The van der Waals surface area contributed by atoms with Gasteiger partial charge in [-0.2, -0.15) is 0 Å². The van der Waals surface area contributed by atoms with Gasteiger partial charge in [0.05, 0.1) is 44.0 Å². The molecule has 1 amide bonds. The minimum absolute atomic E-state index is 0.0165. The summed E-state index contributed by atoms with van der Waals surface area (Å²) in [5.74, 6) is 0.807. The number of nitrogens with one attached hydrogen (secondary N) is 1. The number of anilines is 1. The van der Waals surface area contributed by atoms with Crippen molar-refractivity contribution in [3.05, 3.63) is 66.2 Å². The van der Waals surface area contributed by atoms with Crippen LogP contribution in [-0.4, -0.2) is 44.7 Å². The largest absolute Gasteiger partial charge is 0.494 e. The lowest BCUT2D eigenvalue weighted by molar-refractivity contribution is -0.856. The van der Waals surface area contributed by atoms with Crippen LogP contribution in [0, 0.1) is 0 Å². The molecule has 0 bridgehead atoms. The van der Waals surface area contributed by atoms with E-state index in [2.05, 4.69) is 14.1 Å². The van der Waals surface area contributed by atoms with Crippen molar-refractivity contribution in [1.82, 2.24) is 4.98 Å². The molecular formula is C24H26N3O2S+. The Morgan fingerprint density at radius 1 is 1.10 bits per heavy atom. The molecule has 0 unspecified atom stereocenters. The molecule has 4 rings (SSSR count). The summed E-state index contributed by atoms with van der Waals surface area (Å²) in [5.41, 5.74) is 1.59. The number of hydrogen-bond acceptors (Lipinski definition) is 4. The number of thiazole rings is 1. The van der Waals surface area contributed by atoms with E-state index >= 15 is 0 Å². The highest BCUT2D eigenvalue weighted by Crippen LogP contribution is 2.32. The van der Waals surface area contributed by atoms with E-state index in [1.54, 1.807) is 0 Å².